The number of anilines is 1. The number of aromatic nitrogens is 5. The van der Waals surface area contributed by atoms with Crippen LogP contribution in [0.15, 0.2) is 37.6 Å². The van der Waals surface area contributed by atoms with E-state index in [1.165, 1.54) is 20.4 Å². The SMILES string of the molecule is Cn1c(N)c(C(=O)CSc2nnc(CCC(N)=O)n2Cc2ccco2)c(=O)n(C)c1=O. The van der Waals surface area contributed by atoms with Gasteiger partial charge < -0.3 is 15.9 Å². The number of nitrogen functional groups attached to an aromatic ring is 1. The lowest BCUT2D eigenvalue weighted by Crippen LogP contribution is -2.41. The van der Waals surface area contributed by atoms with Gasteiger partial charge in [-0.3, -0.25) is 28.1 Å². The zero-order chi connectivity index (χ0) is 22.7. The summed E-state index contributed by atoms with van der Waals surface area (Å²) in [7, 11) is 2.66. The lowest BCUT2D eigenvalue weighted by Gasteiger charge is -2.11. The Morgan fingerprint density at radius 2 is 1.94 bits per heavy atom. The van der Waals surface area contributed by atoms with Crippen LogP contribution in [0.3, 0.4) is 0 Å². The van der Waals surface area contributed by atoms with E-state index < -0.39 is 22.9 Å². The van der Waals surface area contributed by atoms with Crippen molar-refractivity contribution in [1.29, 1.82) is 0 Å². The molecular formula is C18H21N7O5S. The Hall–Kier alpha value is -3.61. The first kappa shape index (κ1) is 22.1. The number of carbonyl (C=O) groups excluding carboxylic acids is 2. The number of Topliss-reactive ketones (excluding diaryl/α,β-unsaturated/α-hetero) is 1. The minimum atomic E-state index is -0.759. The summed E-state index contributed by atoms with van der Waals surface area (Å²) in [5, 5.41) is 8.58. The van der Waals surface area contributed by atoms with Gasteiger partial charge in [-0.1, -0.05) is 11.8 Å². The molecule has 0 fully saturated rings. The summed E-state index contributed by atoms with van der Waals surface area (Å²) in [4.78, 5) is 48.2. The molecule has 12 nitrogen and oxygen atoms in total. The number of hydrogen-bond acceptors (Lipinski definition) is 9. The molecule has 0 spiro atoms. The van der Waals surface area contributed by atoms with E-state index in [1.807, 2.05) is 0 Å². The standard InChI is InChI=1S/C18H21N7O5S/c1-23-15(20)14(16(28)24(2)18(23)29)11(26)9-31-17-22-21-13(6-5-12(19)27)25(17)8-10-4-3-7-30-10/h3-4,7H,5-6,8-9,20H2,1-2H3,(H2,19,27). The number of aryl methyl sites for hydroxylation is 1. The molecule has 0 atom stereocenters. The molecule has 0 saturated heterocycles. The minimum absolute atomic E-state index is 0.0878. The van der Waals surface area contributed by atoms with E-state index in [2.05, 4.69) is 10.2 Å². The Kier molecular flexibility index (Phi) is 6.44. The average Bonchev–Trinajstić information content (AvgIpc) is 3.38. The molecule has 13 heteroatoms. The average molecular weight is 447 g/mol. The molecule has 164 valence electrons. The first-order valence-corrected chi connectivity index (χ1v) is 10.1. The van der Waals surface area contributed by atoms with E-state index in [0.717, 1.165) is 20.9 Å². The zero-order valence-corrected chi connectivity index (χ0v) is 17.7. The summed E-state index contributed by atoms with van der Waals surface area (Å²) in [6.45, 7) is 0.286. The molecule has 0 aliphatic heterocycles. The molecule has 3 heterocycles. The zero-order valence-electron chi connectivity index (χ0n) is 16.9. The van der Waals surface area contributed by atoms with Crippen LogP contribution in [0.5, 0.6) is 0 Å². The summed E-state index contributed by atoms with van der Waals surface area (Å²) in [6, 6.07) is 3.50. The molecule has 4 N–H and O–H groups in total. The van der Waals surface area contributed by atoms with E-state index >= 15 is 0 Å². The predicted molar refractivity (Wildman–Crippen MR) is 112 cm³/mol. The Morgan fingerprint density at radius 3 is 2.58 bits per heavy atom. The van der Waals surface area contributed by atoms with E-state index in [0.29, 0.717) is 16.7 Å². The van der Waals surface area contributed by atoms with E-state index in [1.54, 1.807) is 16.7 Å². The van der Waals surface area contributed by atoms with E-state index in [9.17, 15) is 19.2 Å². The Labute approximate surface area is 179 Å². The van der Waals surface area contributed by atoms with E-state index in [4.69, 9.17) is 15.9 Å². The molecule has 0 aliphatic rings. The van der Waals surface area contributed by atoms with Crippen LogP contribution in [0.25, 0.3) is 0 Å². The van der Waals surface area contributed by atoms with Crippen molar-refractivity contribution in [3.8, 4) is 0 Å². The second-order valence-corrected chi connectivity index (χ2v) is 7.65. The highest BCUT2D eigenvalue weighted by molar-refractivity contribution is 7.99. The molecular weight excluding hydrogens is 426 g/mol. The maximum Gasteiger partial charge on any atom is 0.332 e. The van der Waals surface area contributed by atoms with Crippen molar-refractivity contribution in [1.82, 2.24) is 23.9 Å². The fraction of sp³-hybridized carbons (Fsp3) is 0.333. The lowest BCUT2D eigenvalue weighted by atomic mass is 10.2. The molecule has 0 bridgehead atoms. The highest BCUT2D eigenvalue weighted by Gasteiger charge is 2.22. The monoisotopic (exact) mass is 447 g/mol. The molecule has 0 saturated carbocycles. The molecule has 3 aromatic heterocycles. The summed E-state index contributed by atoms with van der Waals surface area (Å²) in [5.74, 6) is -0.253. The summed E-state index contributed by atoms with van der Waals surface area (Å²) in [6.07, 6.45) is 1.88. The van der Waals surface area contributed by atoms with Gasteiger partial charge in [0.2, 0.25) is 5.91 Å². The van der Waals surface area contributed by atoms with Crippen molar-refractivity contribution in [3.63, 3.8) is 0 Å². The number of furan rings is 1. The number of hydrogen-bond donors (Lipinski definition) is 2. The molecule has 3 rings (SSSR count). The van der Waals surface area contributed by atoms with Crippen molar-refractivity contribution in [3.05, 3.63) is 56.4 Å². The van der Waals surface area contributed by atoms with Gasteiger partial charge in [0.15, 0.2) is 10.9 Å². The van der Waals surface area contributed by atoms with Gasteiger partial charge in [-0.2, -0.15) is 0 Å². The third-order valence-corrected chi connectivity index (χ3v) is 5.57. The summed E-state index contributed by atoms with van der Waals surface area (Å²) < 4.78 is 8.95. The Bertz CT molecular complexity index is 1240. The van der Waals surface area contributed by atoms with Crippen LogP contribution in [-0.2, 0) is 31.9 Å². The second-order valence-electron chi connectivity index (χ2n) is 6.71. The molecule has 0 unspecified atom stereocenters. The fourth-order valence-electron chi connectivity index (χ4n) is 2.89. The first-order valence-electron chi connectivity index (χ1n) is 9.15. The molecule has 1 amide bonds. The van der Waals surface area contributed by atoms with Crippen LogP contribution < -0.4 is 22.7 Å². The van der Waals surface area contributed by atoms with Gasteiger partial charge in [-0.05, 0) is 12.1 Å². The van der Waals surface area contributed by atoms with Crippen LogP contribution >= 0.6 is 11.8 Å². The first-order chi connectivity index (χ1) is 14.7. The molecule has 3 aromatic rings. The quantitative estimate of drug-likeness (QED) is 0.317. The van der Waals surface area contributed by atoms with Gasteiger partial charge in [0, 0.05) is 26.9 Å². The highest BCUT2D eigenvalue weighted by Crippen LogP contribution is 2.21. The van der Waals surface area contributed by atoms with Gasteiger partial charge in [0.25, 0.3) is 5.56 Å². The number of rotatable bonds is 9. The fourth-order valence-corrected chi connectivity index (χ4v) is 3.72. The number of nitrogens with zero attached hydrogens (tertiary/aromatic N) is 5. The number of primary amides is 1. The van der Waals surface area contributed by atoms with Gasteiger partial charge in [-0.15, -0.1) is 10.2 Å². The number of carbonyl (C=O) groups is 2. The van der Waals surface area contributed by atoms with Crippen molar-refractivity contribution < 1.29 is 14.0 Å². The van der Waals surface area contributed by atoms with Gasteiger partial charge in [0.05, 0.1) is 18.6 Å². The maximum atomic E-state index is 12.8. The lowest BCUT2D eigenvalue weighted by molar-refractivity contribution is -0.118. The largest absolute Gasteiger partial charge is 0.467 e. The van der Waals surface area contributed by atoms with Crippen LogP contribution in [0, 0.1) is 0 Å². The van der Waals surface area contributed by atoms with Gasteiger partial charge in [-0.25, -0.2) is 4.79 Å². The van der Waals surface area contributed by atoms with Crippen LogP contribution in [0.4, 0.5) is 5.82 Å². The molecule has 31 heavy (non-hydrogen) atoms. The summed E-state index contributed by atoms with van der Waals surface area (Å²) in [5.41, 5.74) is 9.43. The minimum Gasteiger partial charge on any atom is -0.467 e. The number of amides is 1. The third-order valence-electron chi connectivity index (χ3n) is 4.60. The van der Waals surface area contributed by atoms with Crippen LogP contribution in [0.2, 0.25) is 0 Å². The molecule has 0 aromatic carbocycles. The normalized spacial score (nSPS) is 11.0. The van der Waals surface area contributed by atoms with Crippen molar-refractivity contribution in [2.45, 2.75) is 24.5 Å². The topological polar surface area (TPSA) is 174 Å². The van der Waals surface area contributed by atoms with Gasteiger partial charge in [0.1, 0.15) is 23.0 Å². The van der Waals surface area contributed by atoms with E-state index in [-0.39, 0.29) is 36.5 Å². The summed E-state index contributed by atoms with van der Waals surface area (Å²) >= 11 is 1.05. The highest BCUT2D eigenvalue weighted by atomic mass is 32.2. The van der Waals surface area contributed by atoms with Gasteiger partial charge >= 0.3 is 5.69 Å². The number of ketones is 1. The van der Waals surface area contributed by atoms with Crippen molar-refractivity contribution in [2.75, 3.05) is 11.5 Å². The third kappa shape index (κ3) is 4.60. The van der Waals surface area contributed by atoms with Crippen molar-refractivity contribution >= 4 is 29.3 Å². The Morgan fingerprint density at radius 1 is 1.19 bits per heavy atom. The number of nitrogens with two attached hydrogens (primary N) is 2. The molecule has 0 aliphatic carbocycles. The maximum absolute atomic E-state index is 12.8. The van der Waals surface area contributed by atoms with Crippen molar-refractivity contribution in [2.24, 2.45) is 19.8 Å². The molecule has 0 radical (unpaired) electrons. The predicted octanol–water partition coefficient (Wildman–Crippen LogP) is -0.708. The smallest absolute Gasteiger partial charge is 0.332 e. The number of thioether (sulfide) groups is 1. The van der Waals surface area contributed by atoms with Crippen LogP contribution in [-0.4, -0.2) is 41.3 Å². The Balaban J connectivity index is 1.86. The van der Waals surface area contributed by atoms with Crippen LogP contribution in [0.1, 0.15) is 28.4 Å². The second kappa shape index (κ2) is 9.04.